The van der Waals surface area contributed by atoms with Crippen LogP contribution in [0, 0.1) is 0 Å². The monoisotopic (exact) mass is 289 g/mol. The average molecular weight is 289 g/mol. The highest BCUT2D eigenvalue weighted by atomic mass is 16.5. The van der Waals surface area contributed by atoms with Crippen LogP contribution in [0.3, 0.4) is 0 Å². The van der Waals surface area contributed by atoms with Crippen molar-refractivity contribution in [2.75, 3.05) is 13.2 Å². The van der Waals surface area contributed by atoms with Crippen LogP contribution in [0.25, 0.3) is 11.4 Å². The minimum Gasteiger partial charge on any atom is -0.462 e. The van der Waals surface area contributed by atoms with Gasteiger partial charge < -0.3 is 9.47 Å². The van der Waals surface area contributed by atoms with Crippen molar-refractivity contribution in [3.05, 3.63) is 35.7 Å². The SMILES string of the molecule is CCOC(=O)c1ccc(-c2cc(C(=O)OCC)[nH]n2)nc1. The van der Waals surface area contributed by atoms with Crippen molar-refractivity contribution < 1.29 is 19.1 Å². The van der Waals surface area contributed by atoms with Crippen LogP contribution < -0.4 is 0 Å². The van der Waals surface area contributed by atoms with Crippen LogP contribution in [-0.4, -0.2) is 40.3 Å². The number of H-pyrrole nitrogens is 1. The molecule has 0 saturated heterocycles. The lowest BCUT2D eigenvalue weighted by Crippen LogP contribution is -2.05. The van der Waals surface area contributed by atoms with E-state index in [0.29, 0.717) is 30.2 Å². The molecule has 0 aromatic carbocycles. The molecule has 0 bridgehead atoms. The Labute approximate surface area is 121 Å². The lowest BCUT2D eigenvalue weighted by molar-refractivity contribution is 0.0512. The van der Waals surface area contributed by atoms with Crippen LogP contribution >= 0.6 is 0 Å². The van der Waals surface area contributed by atoms with E-state index in [2.05, 4.69) is 15.2 Å². The van der Waals surface area contributed by atoms with Crippen molar-refractivity contribution in [3.63, 3.8) is 0 Å². The second-order valence-electron chi connectivity index (χ2n) is 4.04. The zero-order valence-electron chi connectivity index (χ0n) is 11.8. The van der Waals surface area contributed by atoms with Gasteiger partial charge in [-0.05, 0) is 26.0 Å². The fourth-order valence-electron chi connectivity index (χ4n) is 1.65. The van der Waals surface area contributed by atoms with Gasteiger partial charge in [0.25, 0.3) is 0 Å². The molecule has 1 N–H and O–H groups in total. The molecule has 110 valence electrons. The first-order valence-corrected chi connectivity index (χ1v) is 6.51. The van der Waals surface area contributed by atoms with E-state index in [-0.39, 0.29) is 5.69 Å². The van der Waals surface area contributed by atoms with E-state index in [4.69, 9.17) is 9.47 Å². The van der Waals surface area contributed by atoms with Crippen molar-refractivity contribution in [2.24, 2.45) is 0 Å². The summed E-state index contributed by atoms with van der Waals surface area (Å²) in [6.07, 6.45) is 1.41. The molecule has 0 unspecified atom stereocenters. The van der Waals surface area contributed by atoms with Gasteiger partial charge in [-0.2, -0.15) is 5.10 Å². The topological polar surface area (TPSA) is 94.2 Å². The number of esters is 2. The third-order valence-electron chi connectivity index (χ3n) is 2.61. The van der Waals surface area contributed by atoms with Crippen molar-refractivity contribution in [1.29, 1.82) is 0 Å². The summed E-state index contributed by atoms with van der Waals surface area (Å²) in [7, 11) is 0. The van der Waals surface area contributed by atoms with E-state index in [9.17, 15) is 9.59 Å². The Kier molecular flexibility index (Phi) is 4.65. The van der Waals surface area contributed by atoms with Crippen LogP contribution in [0.1, 0.15) is 34.7 Å². The molecule has 2 aromatic heterocycles. The van der Waals surface area contributed by atoms with E-state index in [1.54, 1.807) is 32.0 Å². The highest BCUT2D eigenvalue weighted by Crippen LogP contribution is 2.16. The molecule has 2 aromatic rings. The summed E-state index contributed by atoms with van der Waals surface area (Å²) >= 11 is 0. The molecule has 0 spiro atoms. The highest BCUT2D eigenvalue weighted by molar-refractivity contribution is 5.90. The van der Waals surface area contributed by atoms with Gasteiger partial charge in [0.15, 0.2) is 0 Å². The van der Waals surface area contributed by atoms with Crippen LogP contribution in [0.4, 0.5) is 0 Å². The molecule has 7 nitrogen and oxygen atoms in total. The largest absolute Gasteiger partial charge is 0.462 e. The Morgan fingerprint density at radius 3 is 2.43 bits per heavy atom. The summed E-state index contributed by atoms with van der Waals surface area (Å²) in [5.41, 5.74) is 1.65. The predicted octanol–water partition coefficient (Wildman–Crippen LogP) is 1.83. The molecule has 0 aliphatic carbocycles. The maximum absolute atomic E-state index is 11.5. The first-order valence-electron chi connectivity index (χ1n) is 6.51. The molecule has 0 fully saturated rings. The molecule has 0 radical (unpaired) electrons. The first kappa shape index (κ1) is 14.7. The van der Waals surface area contributed by atoms with Crippen molar-refractivity contribution in [1.82, 2.24) is 15.2 Å². The number of rotatable bonds is 5. The van der Waals surface area contributed by atoms with Gasteiger partial charge in [-0.15, -0.1) is 0 Å². The minimum atomic E-state index is -0.473. The number of aromatic nitrogens is 3. The van der Waals surface area contributed by atoms with Crippen molar-refractivity contribution in [2.45, 2.75) is 13.8 Å². The second kappa shape index (κ2) is 6.65. The Bertz CT molecular complexity index is 634. The number of carbonyl (C=O) groups excluding carboxylic acids is 2. The second-order valence-corrected chi connectivity index (χ2v) is 4.04. The molecule has 2 heterocycles. The predicted molar refractivity (Wildman–Crippen MR) is 73.7 cm³/mol. The van der Waals surface area contributed by atoms with Gasteiger partial charge in [0, 0.05) is 12.3 Å². The Morgan fingerprint density at radius 2 is 1.81 bits per heavy atom. The zero-order chi connectivity index (χ0) is 15.2. The standard InChI is InChI=1S/C14H15N3O4/c1-3-20-13(18)9-5-6-10(15-8-9)11-7-12(17-16-11)14(19)21-4-2/h5-8H,3-4H2,1-2H3,(H,16,17). The number of nitrogens with one attached hydrogen (secondary N) is 1. The zero-order valence-corrected chi connectivity index (χ0v) is 11.8. The third kappa shape index (κ3) is 3.44. The Morgan fingerprint density at radius 1 is 1.10 bits per heavy atom. The third-order valence-corrected chi connectivity index (χ3v) is 2.61. The Balaban J connectivity index is 2.15. The number of aromatic amines is 1. The number of nitrogens with zero attached hydrogens (tertiary/aromatic N) is 2. The van der Waals surface area contributed by atoms with E-state index in [1.165, 1.54) is 6.20 Å². The van der Waals surface area contributed by atoms with Gasteiger partial charge in [0.05, 0.1) is 24.5 Å². The maximum atomic E-state index is 11.5. The van der Waals surface area contributed by atoms with Crippen molar-refractivity contribution >= 4 is 11.9 Å². The molecule has 0 atom stereocenters. The summed E-state index contributed by atoms with van der Waals surface area (Å²) < 4.78 is 9.74. The van der Waals surface area contributed by atoms with Gasteiger partial charge in [0.2, 0.25) is 0 Å². The van der Waals surface area contributed by atoms with Gasteiger partial charge in [-0.25, -0.2) is 9.59 Å². The van der Waals surface area contributed by atoms with Crippen LogP contribution in [0.2, 0.25) is 0 Å². The number of pyridine rings is 1. The maximum Gasteiger partial charge on any atom is 0.356 e. The van der Waals surface area contributed by atoms with E-state index in [1.807, 2.05) is 0 Å². The van der Waals surface area contributed by atoms with Crippen LogP contribution in [-0.2, 0) is 9.47 Å². The summed E-state index contributed by atoms with van der Waals surface area (Å²) in [5.74, 6) is -0.898. The molecule has 0 amide bonds. The lowest BCUT2D eigenvalue weighted by atomic mass is 10.2. The molecule has 0 saturated carbocycles. The van der Waals surface area contributed by atoms with E-state index >= 15 is 0 Å². The average Bonchev–Trinajstić information content (AvgIpc) is 2.98. The van der Waals surface area contributed by atoms with Gasteiger partial charge in [0.1, 0.15) is 11.4 Å². The minimum absolute atomic E-state index is 0.253. The number of hydrogen-bond acceptors (Lipinski definition) is 6. The molecular weight excluding hydrogens is 274 g/mol. The fraction of sp³-hybridized carbons (Fsp3) is 0.286. The van der Waals surface area contributed by atoms with Gasteiger partial charge in [-0.3, -0.25) is 10.1 Å². The van der Waals surface area contributed by atoms with Crippen molar-refractivity contribution in [3.8, 4) is 11.4 Å². The normalized spacial score (nSPS) is 10.2. The Hall–Kier alpha value is -2.70. The van der Waals surface area contributed by atoms with Crippen LogP contribution in [0.15, 0.2) is 24.4 Å². The molecular formula is C14H15N3O4. The number of ether oxygens (including phenoxy) is 2. The van der Waals surface area contributed by atoms with E-state index < -0.39 is 11.9 Å². The molecule has 2 rings (SSSR count). The number of carbonyl (C=O) groups is 2. The van der Waals surface area contributed by atoms with E-state index in [0.717, 1.165) is 0 Å². The summed E-state index contributed by atoms with van der Waals surface area (Å²) in [6, 6.07) is 4.78. The first-order chi connectivity index (χ1) is 10.2. The summed E-state index contributed by atoms with van der Waals surface area (Å²) in [6.45, 7) is 4.06. The molecule has 21 heavy (non-hydrogen) atoms. The molecule has 7 heteroatoms. The number of hydrogen-bond donors (Lipinski definition) is 1. The van der Waals surface area contributed by atoms with Gasteiger partial charge >= 0.3 is 11.9 Å². The fourth-order valence-corrected chi connectivity index (χ4v) is 1.65. The molecule has 0 aliphatic rings. The highest BCUT2D eigenvalue weighted by Gasteiger charge is 2.13. The summed E-state index contributed by atoms with van der Waals surface area (Å²) in [5, 5.41) is 6.59. The van der Waals surface area contributed by atoms with Gasteiger partial charge in [-0.1, -0.05) is 0 Å². The smallest absolute Gasteiger partial charge is 0.356 e. The quantitative estimate of drug-likeness (QED) is 0.844. The summed E-state index contributed by atoms with van der Waals surface area (Å²) in [4.78, 5) is 27.2. The van der Waals surface area contributed by atoms with Crippen LogP contribution in [0.5, 0.6) is 0 Å². The molecule has 0 aliphatic heterocycles. The lowest BCUT2D eigenvalue weighted by Gasteiger charge is -2.01.